The van der Waals surface area contributed by atoms with Crippen molar-refractivity contribution in [2.45, 2.75) is 25.2 Å². The van der Waals surface area contributed by atoms with Crippen molar-refractivity contribution >= 4 is 5.69 Å². The zero-order valence-corrected chi connectivity index (χ0v) is 14.2. The highest BCUT2D eigenvalue weighted by Crippen LogP contribution is 2.35. The topological polar surface area (TPSA) is 26.7 Å². The van der Waals surface area contributed by atoms with Crippen molar-refractivity contribution in [2.24, 2.45) is 0 Å². The van der Waals surface area contributed by atoms with Crippen LogP contribution in [0.15, 0.2) is 48.5 Å². The molecule has 3 nitrogen and oxygen atoms in total. The number of anilines is 1. The number of fused-ring (bicyclic) bond motifs is 1. The molecule has 3 heteroatoms. The Kier molecular flexibility index (Phi) is 4.44. The molecule has 0 spiro atoms. The normalized spacial score (nSPS) is 21.0. The zero-order valence-electron chi connectivity index (χ0n) is 14.2. The fraction of sp³-hybridized carbons (Fsp3) is 0.429. The molecular formula is C21H26N2O. The van der Waals surface area contributed by atoms with Crippen molar-refractivity contribution in [1.29, 1.82) is 0 Å². The Morgan fingerprint density at radius 1 is 0.917 bits per heavy atom. The number of hydrogen-bond acceptors (Lipinski definition) is 3. The maximum absolute atomic E-state index is 9.41. The lowest BCUT2D eigenvalue weighted by Gasteiger charge is -2.36. The molecule has 1 saturated heterocycles. The van der Waals surface area contributed by atoms with Crippen LogP contribution in [0.1, 0.15) is 29.9 Å². The van der Waals surface area contributed by atoms with Gasteiger partial charge < -0.3 is 10.0 Å². The summed E-state index contributed by atoms with van der Waals surface area (Å²) in [7, 11) is 0. The number of aromatic hydroxyl groups is 1. The van der Waals surface area contributed by atoms with E-state index in [9.17, 15) is 5.11 Å². The van der Waals surface area contributed by atoms with Gasteiger partial charge in [-0.05, 0) is 67.1 Å². The van der Waals surface area contributed by atoms with E-state index in [1.807, 2.05) is 12.1 Å². The molecule has 0 aromatic heterocycles. The van der Waals surface area contributed by atoms with Gasteiger partial charge in [-0.2, -0.15) is 0 Å². The van der Waals surface area contributed by atoms with Crippen LogP contribution in [0.5, 0.6) is 5.75 Å². The quantitative estimate of drug-likeness (QED) is 0.931. The first-order valence-corrected chi connectivity index (χ1v) is 9.14. The Labute approximate surface area is 144 Å². The summed E-state index contributed by atoms with van der Waals surface area (Å²) in [5.74, 6) is 1.10. The van der Waals surface area contributed by atoms with Gasteiger partial charge in [0.2, 0.25) is 0 Å². The molecule has 1 atom stereocenters. The summed E-state index contributed by atoms with van der Waals surface area (Å²) in [5.41, 5.74) is 4.39. The van der Waals surface area contributed by atoms with Crippen LogP contribution in [0.2, 0.25) is 0 Å². The minimum atomic E-state index is 0.342. The molecule has 126 valence electrons. The summed E-state index contributed by atoms with van der Waals surface area (Å²) in [6.07, 6.45) is 3.87. The lowest BCUT2D eigenvalue weighted by Crippen LogP contribution is -2.46. The van der Waals surface area contributed by atoms with E-state index in [0.29, 0.717) is 5.75 Å². The lowest BCUT2D eigenvalue weighted by atomic mass is 9.97. The van der Waals surface area contributed by atoms with Crippen LogP contribution in [0.4, 0.5) is 5.69 Å². The molecule has 2 aromatic carbocycles. The van der Waals surface area contributed by atoms with Crippen molar-refractivity contribution in [3.8, 4) is 5.75 Å². The number of piperazine rings is 1. The van der Waals surface area contributed by atoms with E-state index >= 15 is 0 Å². The summed E-state index contributed by atoms with van der Waals surface area (Å²) in [6, 6.07) is 16.6. The molecule has 2 aliphatic rings. The van der Waals surface area contributed by atoms with E-state index in [2.05, 4.69) is 34.1 Å². The van der Waals surface area contributed by atoms with Gasteiger partial charge in [0, 0.05) is 31.9 Å². The minimum absolute atomic E-state index is 0.342. The van der Waals surface area contributed by atoms with Crippen LogP contribution in [0, 0.1) is 0 Å². The summed E-state index contributed by atoms with van der Waals surface area (Å²) < 4.78 is 0. The molecule has 1 aliphatic heterocycles. The molecule has 1 aliphatic carbocycles. The third-order valence-electron chi connectivity index (χ3n) is 5.64. The van der Waals surface area contributed by atoms with Crippen LogP contribution in [0.25, 0.3) is 0 Å². The van der Waals surface area contributed by atoms with E-state index in [1.54, 1.807) is 23.3 Å². The van der Waals surface area contributed by atoms with Crippen LogP contribution < -0.4 is 4.90 Å². The third-order valence-corrected chi connectivity index (χ3v) is 5.64. The molecule has 1 heterocycles. The van der Waals surface area contributed by atoms with Crippen LogP contribution in [0.3, 0.4) is 0 Å². The van der Waals surface area contributed by atoms with Gasteiger partial charge in [0.1, 0.15) is 5.75 Å². The van der Waals surface area contributed by atoms with Crippen LogP contribution >= 0.6 is 0 Å². The largest absolute Gasteiger partial charge is 0.508 e. The molecule has 0 bridgehead atoms. The first-order chi connectivity index (χ1) is 11.8. The Bertz CT molecular complexity index is 674. The standard InChI is InChI=1S/C21H26N2O/c24-20-9-7-19(8-10-20)23-15-13-22(14-16-23)12-11-18-6-5-17-3-1-2-4-21(17)18/h1-4,7-10,18,24H,5-6,11-16H2. The second-order valence-electron chi connectivity index (χ2n) is 7.07. The van der Waals surface area contributed by atoms with Crippen molar-refractivity contribution < 1.29 is 5.11 Å². The van der Waals surface area contributed by atoms with Gasteiger partial charge in [0.05, 0.1) is 0 Å². The van der Waals surface area contributed by atoms with Crippen molar-refractivity contribution in [1.82, 2.24) is 4.90 Å². The van der Waals surface area contributed by atoms with E-state index in [1.165, 1.54) is 31.5 Å². The average molecular weight is 322 g/mol. The molecule has 0 amide bonds. The molecule has 24 heavy (non-hydrogen) atoms. The van der Waals surface area contributed by atoms with Crippen LogP contribution in [-0.4, -0.2) is 42.7 Å². The van der Waals surface area contributed by atoms with E-state index in [-0.39, 0.29) is 0 Å². The van der Waals surface area contributed by atoms with Gasteiger partial charge in [-0.1, -0.05) is 24.3 Å². The summed E-state index contributed by atoms with van der Waals surface area (Å²) >= 11 is 0. The average Bonchev–Trinajstić information content (AvgIpc) is 3.04. The van der Waals surface area contributed by atoms with Crippen molar-refractivity contribution in [2.75, 3.05) is 37.6 Å². The number of nitrogens with zero attached hydrogens (tertiary/aromatic N) is 2. The monoisotopic (exact) mass is 322 g/mol. The van der Waals surface area contributed by atoms with Gasteiger partial charge in [-0.25, -0.2) is 0 Å². The molecule has 0 radical (unpaired) electrons. The Morgan fingerprint density at radius 3 is 2.46 bits per heavy atom. The maximum atomic E-state index is 9.41. The first kappa shape index (κ1) is 15.5. The number of rotatable bonds is 4. The fourth-order valence-corrected chi connectivity index (χ4v) is 4.18. The maximum Gasteiger partial charge on any atom is 0.115 e. The van der Waals surface area contributed by atoms with Crippen molar-refractivity contribution in [3.63, 3.8) is 0 Å². The lowest BCUT2D eigenvalue weighted by molar-refractivity contribution is 0.248. The smallest absolute Gasteiger partial charge is 0.115 e. The number of phenolic OH excluding ortho intramolecular Hbond substituents is 1. The van der Waals surface area contributed by atoms with Gasteiger partial charge in [-0.15, -0.1) is 0 Å². The minimum Gasteiger partial charge on any atom is -0.508 e. The number of aryl methyl sites for hydroxylation is 1. The highest BCUT2D eigenvalue weighted by atomic mass is 16.3. The van der Waals surface area contributed by atoms with Gasteiger partial charge in [0.15, 0.2) is 0 Å². The molecule has 2 aromatic rings. The second kappa shape index (κ2) is 6.86. The molecule has 1 N–H and O–H groups in total. The Morgan fingerprint density at radius 2 is 1.67 bits per heavy atom. The SMILES string of the molecule is Oc1ccc(N2CCN(CCC3CCc4ccccc43)CC2)cc1. The first-order valence-electron chi connectivity index (χ1n) is 9.14. The second-order valence-corrected chi connectivity index (χ2v) is 7.07. The van der Waals surface area contributed by atoms with Gasteiger partial charge in [-0.3, -0.25) is 4.90 Å². The number of phenols is 1. The summed E-state index contributed by atoms with van der Waals surface area (Å²) in [4.78, 5) is 5.03. The molecule has 1 unspecified atom stereocenters. The van der Waals surface area contributed by atoms with Crippen molar-refractivity contribution in [3.05, 3.63) is 59.7 Å². The third kappa shape index (κ3) is 3.27. The highest BCUT2D eigenvalue weighted by molar-refractivity contribution is 5.49. The van der Waals surface area contributed by atoms with E-state index < -0.39 is 0 Å². The molecule has 1 fully saturated rings. The predicted molar refractivity (Wildman–Crippen MR) is 98.9 cm³/mol. The number of benzene rings is 2. The van der Waals surface area contributed by atoms with Gasteiger partial charge in [0.25, 0.3) is 0 Å². The number of hydrogen-bond donors (Lipinski definition) is 1. The molecule has 0 saturated carbocycles. The van der Waals surface area contributed by atoms with E-state index in [0.717, 1.165) is 32.1 Å². The van der Waals surface area contributed by atoms with Gasteiger partial charge >= 0.3 is 0 Å². The summed E-state index contributed by atoms with van der Waals surface area (Å²) in [5, 5.41) is 9.41. The molecule has 4 rings (SSSR count). The highest BCUT2D eigenvalue weighted by Gasteiger charge is 2.23. The Balaban J connectivity index is 1.27. The zero-order chi connectivity index (χ0) is 16.4. The van der Waals surface area contributed by atoms with Crippen LogP contribution in [-0.2, 0) is 6.42 Å². The Hall–Kier alpha value is -2.00. The fourth-order valence-electron chi connectivity index (χ4n) is 4.18. The predicted octanol–water partition coefficient (Wildman–Crippen LogP) is 3.63. The van der Waals surface area contributed by atoms with E-state index in [4.69, 9.17) is 0 Å². The summed E-state index contributed by atoms with van der Waals surface area (Å²) in [6.45, 7) is 5.63. The molecular weight excluding hydrogens is 296 g/mol.